The second-order valence-electron chi connectivity index (χ2n) is 7.37. The van der Waals surface area contributed by atoms with E-state index in [1.165, 1.54) is 51.3 Å². The molecule has 0 atom stereocenters. The molecular formula is C25H27NO. The smallest absolute Gasteiger partial charge is 0.118 e. The Morgan fingerprint density at radius 3 is 2.44 bits per heavy atom. The molecule has 0 fully saturated rings. The van der Waals surface area contributed by atoms with Gasteiger partial charge < -0.3 is 9.30 Å². The van der Waals surface area contributed by atoms with Crippen LogP contribution in [0.1, 0.15) is 36.5 Å². The summed E-state index contributed by atoms with van der Waals surface area (Å²) in [5.41, 5.74) is 6.77. The van der Waals surface area contributed by atoms with Crippen LogP contribution in [-0.2, 0) is 13.0 Å². The Kier molecular flexibility index (Phi) is 4.89. The van der Waals surface area contributed by atoms with E-state index in [2.05, 4.69) is 66.9 Å². The maximum Gasteiger partial charge on any atom is 0.118 e. The number of para-hydroxylation sites is 1. The van der Waals surface area contributed by atoms with E-state index in [-0.39, 0.29) is 0 Å². The Labute approximate surface area is 161 Å². The average Bonchev–Trinajstić information content (AvgIpc) is 3.00. The molecule has 2 nitrogen and oxygen atoms in total. The molecule has 0 aliphatic heterocycles. The first kappa shape index (κ1) is 17.7. The molecule has 4 aromatic rings. The zero-order chi connectivity index (χ0) is 18.8. The summed E-state index contributed by atoms with van der Waals surface area (Å²) in [5.74, 6) is 0.902. The van der Waals surface area contributed by atoms with Crippen LogP contribution in [0.4, 0.5) is 0 Å². The number of unbranched alkanes of at least 4 members (excludes halogenated alkanes) is 1. The Balaban J connectivity index is 1.91. The Bertz CT molecular complexity index is 1070. The van der Waals surface area contributed by atoms with E-state index < -0.39 is 0 Å². The lowest BCUT2D eigenvalue weighted by atomic mass is 9.99. The molecule has 0 saturated heterocycles. The van der Waals surface area contributed by atoms with Crippen molar-refractivity contribution < 1.29 is 4.74 Å². The van der Waals surface area contributed by atoms with Gasteiger partial charge in [0.25, 0.3) is 0 Å². The summed E-state index contributed by atoms with van der Waals surface area (Å²) < 4.78 is 7.77. The molecule has 138 valence electrons. The van der Waals surface area contributed by atoms with E-state index in [0.717, 1.165) is 18.7 Å². The second kappa shape index (κ2) is 7.48. The van der Waals surface area contributed by atoms with Crippen LogP contribution in [-0.4, -0.2) is 11.7 Å². The maximum atomic E-state index is 5.31. The summed E-state index contributed by atoms with van der Waals surface area (Å²) >= 11 is 0. The van der Waals surface area contributed by atoms with Gasteiger partial charge in [-0.3, -0.25) is 0 Å². The lowest BCUT2D eigenvalue weighted by Gasteiger charge is -2.10. The van der Waals surface area contributed by atoms with Gasteiger partial charge in [0.05, 0.1) is 7.11 Å². The largest absolute Gasteiger partial charge is 0.497 e. The van der Waals surface area contributed by atoms with E-state index in [1.807, 2.05) is 12.1 Å². The predicted molar refractivity (Wildman–Crippen MR) is 115 cm³/mol. The van der Waals surface area contributed by atoms with Crippen LogP contribution in [0.5, 0.6) is 5.75 Å². The fourth-order valence-corrected chi connectivity index (χ4v) is 4.06. The molecule has 0 spiro atoms. The molecule has 0 aliphatic carbocycles. The number of hydrogen-bond donors (Lipinski definition) is 0. The molecular weight excluding hydrogens is 330 g/mol. The monoisotopic (exact) mass is 357 g/mol. The van der Waals surface area contributed by atoms with E-state index in [4.69, 9.17) is 4.74 Å². The first-order chi connectivity index (χ1) is 13.2. The van der Waals surface area contributed by atoms with Crippen LogP contribution >= 0.6 is 0 Å². The standard InChI is InChI=1S/C25H27NO/c1-4-5-8-20-15-18(2)16-24-25(20)22-9-6-7-10-23(22)26(24)17-19-11-13-21(27-3)14-12-19/h6-7,9-16H,4-5,8,17H2,1-3H3. The van der Waals surface area contributed by atoms with Crippen LogP contribution in [0.15, 0.2) is 60.7 Å². The van der Waals surface area contributed by atoms with Crippen molar-refractivity contribution in [1.29, 1.82) is 0 Å². The lowest BCUT2D eigenvalue weighted by molar-refractivity contribution is 0.414. The summed E-state index contributed by atoms with van der Waals surface area (Å²) in [6, 6.07) is 21.9. The molecule has 0 saturated carbocycles. The van der Waals surface area contributed by atoms with Gasteiger partial charge in [-0.15, -0.1) is 0 Å². The molecule has 0 bridgehead atoms. The van der Waals surface area contributed by atoms with Crippen molar-refractivity contribution in [2.75, 3.05) is 7.11 Å². The SMILES string of the molecule is CCCCc1cc(C)cc2c1c1ccccc1n2Cc1ccc(OC)cc1. The summed E-state index contributed by atoms with van der Waals surface area (Å²) in [4.78, 5) is 0. The number of fused-ring (bicyclic) bond motifs is 3. The number of aromatic nitrogens is 1. The third-order valence-electron chi connectivity index (χ3n) is 5.40. The number of ether oxygens (including phenoxy) is 1. The van der Waals surface area contributed by atoms with Crippen LogP contribution in [0.25, 0.3) is 21.8 Å². The minimum atomic E-state index is 0.866. The zero-order valence-electron chi connectivity index (χ0n) is 16.5. The number of rotatable bonds is 6. The van der Waals surface area contributed by atoms with Gasteiger partial charge in [-0.05, 0) is 60.7 Å². The highest BCUT2D eigenvalue weighted by atomic mass is 16.5. The summed E-state index contributed by atoms with van der Waals surface area (Å²) in [7, 11) is 1.71. The molecule has 4 rings (SSSR count). The minimum absolute atomic E-state index is 0.866. The Morgan fingerprint density at radius 1 is 0.926 bits per heavy atom. The van der Waals surface area contributed by atoms with Gasteiger partial charge in [0, 0.05) is 28.4 Å². The topological polar surface area (TPSA) is 14.2 Å². The maximum absolute atomic E-state index is 5.31. The van der Waals surface area contributed by atoms with Crippen LogP contribution in [0.3, 0.4) is 0 Å². The summed E-state index contributed by atoms with van der Waals surface area (Å²) in [6.07, 6.45) is 3.60. The number of benzene rings is 3. The normalized spacial score (nSPS) is 11.4. The highest BCUT2D eigenvalue weighted by Crippen LogP contribution is 2.34. The van der Waals surface area contributed by atoms with Crippen LogP contribution < -0.4 is 4.74 Å². The van der Waals surface area contributed by atoms with Gasteiger partial charge >= 0.3 is 0 Å². The molecule has 1 aromatic heterocycles. The molecule has 0 N–H and O–H groups in total. The average molecular weight is 357 g/mol. The second-order valence-corrected chi connectivity index (χ2v) is 7.37. The van der Waals surface area contributed by atoms with Crippen molar-refractivity contribution in [2.45, 2.75) is 39.7 Å². The van der Waals surface area contributed by atoms with Gasteiger partial charge in [-0.25, -0.2) is 0 Å². The van der Waals surface area contributed by atoms with Gasteiger partial charge in [0.2, 0.25) is 0 Å². The van der Waals surface area contributed by atoms with Crippen molar-refractivity contribution in [3.05, 3.63) is 77.4 Å². The van der Waals surface area contributed by atoms with Crippen molar-refractivity contribution in [3.8, 4) is 5.75 Å². The highest BCUT2D eigenvalue weighted by Gasteiger charge is 2.14. The van der Waals surface area contributed by atoms with Crippen molar-refractivity contribution >= 4 is 21.8 Å². The van der Waals surface area contributed by atoms with E-state index in [0.29, 0.717) is 0 Å². The van der Waals surface area contributed by atoms with Gasteiger partial charge in [0.15, 0.2) is 0 Å². The summed E-state index contributed by atoms with van der Waals surface area (Å²) in [5, 5.41) is 2.80. The van der Waals surface area contributed by atoms with E-state index >= 15 is 0 Å². The Hall–Kier alpha value is -2.74. The van der Waals surface area contributed by atoms with Crippen molar-refractivity contribution in [2.24, 2.45) is 0 Å². The Morgan fingerprint density at radius 2 is 1.70 bits per heavy atom. The first-order valence-electron chi connectivity index (χ1n) is 9.84. The predicted octanol–water partition coefficient (Wildman–Crippen LogP) is 6.50. The third-order valence-corrected chi connectivity index (χ3v) is 5.40. The lowest BCUT2D eigenvalue weighted by Crippen LogP contribution is -2.00. The first-order valence-corrected chi connectivity index (χ1v) is 9.84. The fraction of sp³-hybridized carbons (Fsp3) is 0.280. The molecule has 0 aliphatic rings. The molecule has 3 aromatic carbocycles. The van der Waals surface area contributed by atoms with E-state index in [1.54, 1.807) is 7.11 Å². The molecule has 1 heterocycles. The quantitative estimate of drug-likeness (QED) is 0.384. The molecule has 0 unspecified atom stereocenters. The fourth-order valence-electron chi connectivity index (χ4n) is 4.06. The van der Waals surface area contributed by atoms with E-state index in [9.17, 15) is 0 Å². The highest BCUT2D eigenvalue weighted by molar-refractivity contribution is 6.10. The molecule has 27 heavy (non-hydrogen) atoms. The van der Waals surface area contributed by atoms with Gasteiger partial charge in [0.1, 0.15) is 5.75 Å². The third kappa shape index (κ3) is 3.32. The van der Waals surface area contributed by atoms with Gasteiger partial charge in [-0.2, -0.15) is 0 Å². The summed E-state index contributed by atoms with van der Waals surface area (Å²) in [6.45, 7) is 5.34. The number of hydrogen-bond acceptors (Lipinski definition) is 1. The number of nitrogens with zero attached hydrogens (tertiary/aromatic N) is 1. The van der Waals surface area contributed by atoms with Crippen molar-refractivity contribution in [3.63, 3.8) is 0 Å². The minimum Gasteiger partial charge on any atom is -0.497 e. The molecule has 0 amide bonds. The van der Waals surface area contributed by atoms with Crippen molar-refractivity contribution in [1.82, 2.24) is 4.57 Å². The molecule has 2 heteroatoms. The van der Waals surface area contributed by atoms with Crippen LogP contribution in [0.2, 0.25) is 0 Å². The molecule has 0 radical (unpaired) electrons. The number of aryl methyl sites for hydroxylation is 2. The van der Waals surface area contributed by atoms with Gasteiger partial charge in [-0.1, -0.05) is 49.7 Å². The zero-order valence-corrected chi connectivity index (χ0v) is 16.5. The number of methoxy groups -OCH3 is 1. The van der Waals surface area contributed by atoms with Crippen LogP contribution in [0, 0.1) is 6.92 Å².